The Hall–Kier alpha value is -0.830. The molecule has 0 bridgehead atoms. The van der Waals surface area contributed by atoms with E-state index in [1.54, 1.807) is 6.92 Å². The van der Waals surface area contributed by atoms with Gasteiger partial charge >= 0.3 is 5.97 Å². The number of ether oxygens (including phenoxy) is 2. The molecule has 0 unspecified atom stereocenters. The molecule has 94 valence electrons. The molecule has 0 N–H and O–H groups in total. The Kier molecular flexibility index (Phi) is 10.1. The van der Waals surface area contributed by atoms with Crippen molar-refractivity contribution in [3.05, 3.63) is 12.2 Å². The first-order valence-electron chi connectivity index (χ1n) is 6.08. The summed E-state index contributed by atoms with van der Waals surface area (Å²) in [4.78, 5) is 11.0. The summed E-state index contributed by atoms with van der Waals surface area (Å²) in [6, 6.07) is 0. The second-order valence-electron chi connectivity index (χ2n) is 3.94. The molecule has 0 aliphatic rings. The van der Waals surface area contributed by atoms with E-state index >= 15 is 0 Å². The van der Waals surface area contributed by atoms with Gasteiger partial charge in [0.15, 0.2) is 0 Å². The van der Waals surface area contributed by atoms with Crippen molar-refractivity contribution >= 4 is 5.97 Å². The van der Waals surface area contributed by atoms with Crippen LogP contribution in [0.25, 0.3) is 0 Å². The van der Waals surface area contributed by atoms with Gasteiger partial charge in [-0.1, -0.05) is 19.9 Å². The van der Waals surface area contributed by atoms with E-state index in [0.29, 0.717) is 12.2 Å². The fourth-order valence-electron chi connectivity index (χ4n) is 1.12. The van der Waals surface area contributed by atoms with Gasteiger partial charge in [0.2, 0.25) is 0 Å². The number of carbonyl (C=O) groups is 1. The maximum absolute atomic E-state index is 11.0. The van der Waals surface area contributed by atoms with Crippen LogP contribution in [-0.2, 0) is 14.3 Å². The van der Waals surface area contributed by atoms with Crippen molar-refractivity contribution in [3.63, 3.8) is 0 Å². The highest BCUT2D eigenvalue weighted by atomic mass is 16.5. The highest BCUT2D eigenvalue weighted by Crippen LogP contribution is 1.99. The van der Waals surface area contributed by atoms with Crippen molar-refractivity contribution in [1.82, 2.24) is 0 Å². The van der Waals surface area contributed by atoms with Gasteiger partial charge in [-0.15, -0.1) is 0 Å². The Labute approximate surface area is 98.8 Å². The van der Waals surface area contributed by atoms with Crippen LogP contribution in [0.1, 0.15) is 46.0 Å². The van der Waals surface area contributed by atoms with E-state index in [2.05, 4.69) is 13.5 Å². The van der Waals surface area contributed by atoms with Gasteiger partial charge < -0.3 is 9.47 Å². The van der Waals surface area contributed by atoms with Gasteiger partial charge in [0.25, 0.3) is 0 Å². The number of carbonyl (C=O) groups excluding carboxylic acids is 1. The Morgan fingerprint density at radius 1 is 1.06 bits per heavy atom. The van der Waals surface area contributed by atoms with E-state index in [0.717, 1.165) is 38.9 Å². The van der Waals surface area contributed by atoms with E-state index < -0.39 is 0 Å². The van der Waals surface area contributed by atoms with Crippen LogP contribution in [0.4, 0.5) is 0 Å². The zero-order valence-corrected chi connectivity index (χ0v) is 10.6. The van der Waals surface area contributed by atoms with Gasteiger partial charge in [0, 0.05) is 18.8 Å². The number of esters is 1. The third-order valence-corrected chi connectivity index (χ3v) is 2.16. The van der Waals surface area contributed by atoms with Crippen molar-refractivity contribution in [3.8, 4) is 0 Å². The van der Waals surface area contributed by atoms with Gasteiger partial charge in [-0.2, -0.15) is 0 Å². The summed E-state index contributed by atoms with van der Waals surface area (Å²) in [6.45, 7) is 9.49. The van der Waals surface area contributed by atoms with Gasteiger partial charge in [-0.05, 0) is 32.6 Å². The molecular weight excluding hydrogens is 204 g/mol. The van der Waals surface area contributed by atoms with Gasteiger partial charge in [-0.25, -0.2) is 4.79 Å². The number of rotatable bonds is 10. The van der Waals surface area contributed by atoms with E-state index in [4.69, 9.17) is 9.47 Å². The molecule has 0 saturated heterocycles. The summed E-state index contributed by atoms with van der Waals surface area (Å²) < 4.78 is 10.4. The van der Waals surface area contributed by atoms with Crippen LogP contribution in [-0.4, -0.2) is 25.8 Å². The second kappa shape index (κ2) is 10.7. The molecule has 0 aromatic rings. The van der Waals surface area contributed by atoms with Crippen molar-refractivity contribution in [1.29, 1.82) is 0 Å². The van der Waals surface area contributed by atoms with Crippen molar-refractivity contribution < 1.29 is 14.3 Å². The predicted octanol–water partition coefficient (Wildman–Crippen LogP) is 3.09. The van der Waals surface area contributed by atoms with Gasteiger partial charge in [0.1, 0.15) is 0 Å². The van der Waals surface area contributed by atoms with E-state index in [1.165, 1.54) is 6.42 Å². The van der Waals surface area contributed by atoms with Gasteiger partial charge in [0.05, 0.1) is 6.61 Å². The molecule has 3 nitrogen and oxygen atoms in total. The molecule has 3 heteroatoms. The quantitative estimate of drug-likeness (QED) is 0.327. The van der Waals surface area contributed by atoms with E-state index in [-0.39, 0.29) is 5.97 Å². The third kappa shape index (κ3) is 9.71. The summed E-state index contributed by atoms with van der Waals surface area (Å²) in [7, 11) is 0. The molecule has 0 fully saturated rings. The predicted molar refractivity (Wildman–Crippen MR) is 65.4 cm³/mol. The maximum atomic E-state index is 11.0. The number of hydrogen-bond donors (Lipinski definition) is 0. The van der Waals surface area contributed by atoms with Crippen LogP contribution in [0.15, 0.2) is 12.2 Å². The molecule has 0 atom stereocenters. The minimum Gasteiger partial charge on any atom is -0.462 e. The van der Waals surface area contributed by atoms with Crippen LogP contribution in [0.3, 0.4) is 0 Å². The fraction of sp³-hybridized carbons (Fsp3) is 0.769. The lowest BCUT2D eigenvalue weighted by Crippen LogP contribution is -2.06. The lowest BCUT2D eigenvalue weighted by Gasteiger charge is -2.05. The zero-order chi connectivity index (χ0) is 12.2. The third-order valence-electron chi connectivity index (χ3n) is 2.16. The maximum Gasteiger partial charge on any atom is 0.333 e. The highest BCUT2D eigenvalue weighted by molar-refractivity contribution is 5.86. The molecule has 16 heavy (non-hydrogen) atoms. The van der Waals surface area contributed by atoms with Crippen molar-refractivity contribution in [2.24, 2.45) is 0 Å². The molecule has 0 radical (unpaired) electrons. The summed E-state index contributed by atoms with van der Waals surface area (Å²) in [5.74, 6) is -0.292. The Balaban J connectivity index is 3.10. The van der Waals surface area contributed by atoms with Crippen LogP contribution < -0.4 is 0 Å². The SMILES string of the molecule is C=C(C)C(=O)OCCCCCOCCCC. The molecule has 0 aromatic carbocycles. The molecule has 0 amide bonds. The van der Waals surface area contributed by atoms with E-state index in [1.807, 2.05) is 0 Å². The molecule has 0 spiro atoms. The molecule has 0 heterocycles. The van der Waals surface area contributed by atoms with Crippen LogP contribution in [0, 0.1) is 0 Å². The lowest BCUT2D eigenvalue weighted by atomic mass is 10.2. The first-order valence-corrected chi connectivity index (χ1v) is 6.08. The minimum atomic E-state index is -0.292. The van der Waals surface area contributed by atoms with Crippen LogP contribution in [0.2, 0.25) is 0 Å². The largest absolute Gasteiger partial charge is 0.462 e. The van der Waals surface area contributed by atoms with Crippen LogP contribution in [0.5, 0.6) is 0 Å². The molecular formula is C13H24O3. The van der Waals surface area contributed by atoms with Crippen LogP contribution >= 0.6 is 0 Å². The summed E-state index contributed by atoms with van der Waals surface area (Å²) >= 11 is 0. The average molecular weight is 228 g/mol. The summed E-state index contributed by atoms with van der Waals surface area (Å²) in [6.07, 6.45) is 5.28. The Morgan fingerprint density at radius 3 is 2.31 bits per heavy atom. The number of unbranched alkanes of at least 4 members (excludes halogenated alkanes) is 3. The molecule has 0 rings (SSSR count). The lowest BCUT2D eigenvalue weighted by molar-refractivity contribution is -0.139. The fourth-order valence-corrected chi connectivity index (χ4v) is 1.12. The topological polar surface area (TPSA) is 35.5 Å². The summed E-state index contributed by atoms with van der Waals surface area (Å²) in [5, 5.41) is 0. The smallest absolute Gasteiger partial charge is 0.333 e. The minimum absolute atomic E-state index is 0.292. The normalized spacial score (nSPS) is 10.1. The Bertz CT molecular complexity index is 199. The highest BCUT2D eigenvalue weighted by Gasteiger charge is 2.01. The van der Waals surface area contributed by atoms with Crippen molar-refractivity contribution in [2.75, 3.05) is 19.8 Å². The standard InChI is InChI=1S/C13H24O3/c1-4-5-9-15-10-7-6-8-11-16-13(14)12(2)3/h2,4-11H2,1,3H3. The average Bonchev–Trinajstić information content (AvgIpc) is 2.26. The zero-order valence-electron chi connectivity index (χ0n) is 10.6. The first kappa shape index (κ1) is 15.2. The first-order chi connectivity index (χ1) is 7.68. The Morgan fingerprint density at radius 2 is 1.69 bits per heavy atom. The van der Waals surface area contributed by atoms with Crippen molar-refractivity contribution in [2.45, 2.75) is 46.0 Å². The molecule has 0 saturated carbocycles. The molecule has 0 aliphatic heterocycles. The molecule has 0 aromatic heterocycles. The second-order valence-corrected chi connectivity index (χ2v) is 3.94. The molecule has 0 aliphatic carbocycles. The van der Waals surface area contributed by atoms with E-state index in [9.17, 15) is 4.79 Å². The monoisotopic (exact) mass is 228 g/mol. The number of hydrogen-bond acceptors (Lipinski definition) is 3. The summed E-state index contributed by atoms with van der Waals surface area (Å²) in [5.41, 5.74) is 0.461. The van der Waals surface area contributed by atoms with Gasteiger partial charge in [-0.3, -0.25) is 0 Å².